The Bertz CT molecular complexity index is 1060. The smallest absolute Gasteiger partial charge is 0.272 e. The molecule has 1 atom stereocenters. The van der Waals surface area contributed by atoms with Crippen LogP contribution in [0.4, 0.5) is 5.69 Å². The van der Waals surface area contributed by atoms with E-state index < -0.39 is 0 Å². The lowest BCUT2D eigenvalue weighted by Gasteiger charge is -2.31. The van der Waals surface area contributed by atoms with E-state index in [1.54, 1.807) is 4.57 Å². The molecule has 0 radical (unpaired) electrons. The first-order valence-corrected chi connectivity index (χ1v) is 10.9. The van der Waals surface area contributed by atoms with Crippen molar-refractivity contribution in [1.82, 2.24) is 9.55 Å². The predicted octanol–water partition coefficient (Wildman–Crippen LogP) is 3.94. The fourth-order valence-electron chi connectivity index (χ4n) is 3.48. The highest BCUT2D eigenvalue weighted by atomic mass is 32.2. The fraction of sp³-hybridized carbons (Fsp3) is 0.350. The van der Waals surface area contributed by atoms with E-state index in [0.717, 1.165) is 25.1 Å². The molecule has 0 aliphatic carbocycles. The Kier molecular flexibility index (Phi) is 5.06. The molecule has 7 heteroatoms. The number of anilines is 1. The van der Waals surface area contributed by atoms with Gasteiger partial charge in [-0.25, -0.2) is 4.98 Å². The molecule has 140 valence electrons. The molecule has 3 heterocycles. The van der Waals surface area contributed by atoms with Crippen molar-refractivity contribution < 1.29 is 4.79 Å². The lowest BCUT2D eigenvalue weighted by molar-refractivity contribution is -0.117. The number of fused-ring (bicyclic) bond motifs is 2. The predicted molar refractivity (Wildman–Crippen MR) is 112 cm³/mol. The third-order valence-electron chi connectivity index (χ3n) is 4.85. The zero-order chi connectivity index (χ0) is 19.0. The average Bonchev–Trinajstić information content (AvgIpc) is 3.16. The van der Waals surface area contributed by atoms with Crippen molar-refractivity contribution in [2.24, 2.45) is 0 Å². The van der Waals surface area contributed by atoms with E-state index in [-0.39, 0.29) is 16.7 Å². The quantitative estimate of drug-likeness (QED) is 0.493. The highest BCUT2D eigenvalue weighted by Crippen LogP contribution is 2.31. The Hall–Kier alpha value is -2.12. The highest BCUT2D eigenvalue weighted by molar-refractivity contribution is 8.00. The van der Waals surface area contributed by atoms with Crippen LogP contribution in [0, 0.1) is 0 Å². The van der Waals surface area contributed by atoms with E-state index in [2.05, 4.69) is 11.1 Å². The van der Waals surface area contributed by atoms with Gasteiger partial charge in [-0.05, 0) is 49.8 Å². The maximum Gasteiger partial charge on any atom is 0.272 e. The van der Waals surface area contributed by atoms with Crippen molar-refractivity contribution in [2.45, 2.75) is 43.6 Å². The lowest BCUT2D eigenvalue weighted by atomic mass is 10.0. The third-order valence-corrected chi connectivity index (χ3v) is 6.82. The van der Waals surface area contributed by atoms with Crippen LogP contribution < -0.4 is 10.5 Å². The van der Waals surface area contributed by atoms with Crippen molar-refractivity contribution in [3.8, 4) is 0 Å². The van der Waals surface area contributed by atoms with Crippen molar-refractivity contribution in [3.63, 3.8) is 0 Å². The molecule has 0 bridgehead atoms. The molecule has 1 aliphatic heterocycles. The summed E-state index contributed by atoms with van der Waals surface area (Å²) in [4.78, 5) is 32.4. The summed E-state index contributed by atoms with van der Waals surface area (Å²) in [6, 6.07) is 9.96. The van der Waals surface area contributed by atoms with Crippen molar-refractivity contribution >= 4 is 44.9 Å². The second-order valence-corrected chi connectivity index (χ2v) is 8.79. The summed E-state index contributed by atoms with van der Waals surface area (Å²) < 4.78 is 2.34. The van der Waals surface area contributed by atoms with Gasteiger partial charge in [0.25, 0.3) is 5.56 Å². The summed E-state index contributed by atoms with van der Waals surface area (Å²) in [7, 11) is 0. The zero-order valence-electron chi connectivity index (χ0n) is 15.3. The highest BCUT2D eigenvalue weighted by Gasteiger charge is 2.28. The molecule has 5 nitrogen and oxygen atoms in total. The van der Waals surface area contributed by atoms with Gasteiger partial charge >= 0.3 is 0 Å². The fourth-order valence-corrected chi connectivity index (χ4v) is 5.30. The SMILES string of the molecule is CCn1c(SC(C)C(=O)N2CCCc3ccccc32)nc2ccsc2c1=O. The Labute approximate surface area is 166 Å². The first kappa shape index (κ1) is 18.3. The number of para-hydroxylation sites is 1. The molecule has 1 amide bonds. The van der Waals surface area contributed by atoms with Crippen LogP contribution in [0.15, 0.2) is 45.7 Å². The molecule has 2 aromatic heterocycles. The van der Waals surface area contributed by atoms with Gasteiger partial charge in [-0.1, -0.05) is 30.0 Å². The number of rotatable bonds is 4. The van der Waals surface area contributed by atoms with Crippen LogP contribution in [0.3, 0.4) is 0 Å². The Morgan fingerprint density at radius 1 is 1.33 bits per heavy atom. The van der Waals surface area contributed by atoms with Gasteiger partial charge in [0.05, 0.1) is 10.8 Å². The van der Waals surface area contributed by atoms with E-state index in [1.807, 2.05) is 48.4 Å². The largest absolute Gasteiger partial charge is 0.311 e. The van der Waals surface area contributed by atoms with E-state index in [0.29, 0.717) is 21.9 Å². The number of thiophene rings is 1. The molecular formula is C20H21N3O2S2. The van der Waals surface area contributed by atoms with Crippen molar-refractivity contribution in [2.75, 3.05) is 11.4 Å². The number of nitrogens with zero attached hydrogens (tertiary/aromatic N) is 3. The van der Waals surface area contributed by atoms with E-state index in [9.17, 15) is 9.59 Å². The standard InChI is InChI=1S/C20H21N3O2S2/c1-3-22-19(25)17-15(10-12-26-17)21-20(22)27-13(2)18(24)23-11-6-8-14-7-4-5-9-16(14)23/h4-5,7,9-10,12-13H,3,6,8,11H2,1-2H3. The number of carbonyl (C=O) groups is 1. The Morgan fingerprint density at radius 3 is 2.96 bits per heavy atom. The maximum atomic E-state index is 13.2. The molecular weight excluding hydrogens is 378 g/mol. The molecule has 1 unspecified atom stereocenters. The first-order chi connectivity index (χ1) is 13.1. The van der Waals surface area contributed by atoms with Crippen LogP contribution >= 0.6 is 23.1 Å². The number of benzene rings is 1. The summed E-state index contributed by atoms with van der Waals surface area (Å²) in [5, 5.41) is 2.17. The second-order valence-electron chi connectivity index (χ2n) is 6.56. The Balaban J connectivity index is 1.63. The van der Waals surface area contributed by atoms with Gasteiger partial charge in [-0.15, -0.1) is 11.3 Å². The lowest BCUT2D eigenvalue weighted by Crippen LogP contribution is -2.40. The minimum atomic E-state index is -0.322. The van der Waals surface area contributed by atoms with E-state index in [1.165, 1.54) is 28.7 Å². The first-order valence-electron chi connectivity index (χ1n) is 9.14. The number of aryl methyl sites for hydroxylation is 1. The molecule has 27 heavy (non-hydrogen) atoms. The van der Waals surface area contributed by atoms with Gasteiger partial charge in [0.15, 0.2) is 5.16 Å². The summed E-state index contributed by atoms with van der Waals surface area (Å²) in [6.07, 6.45) is 1.98. The maximum absolute atomic E-state index is 13.2. The van der Waals surface area contributed by atoms with Gasteiger partial charge in [0, 0.05) is 18.8 Å². The van der Waals surface area contributed by atoms with Gasteiger partial charge in [-0.2, -0.15) is 0 Å². The minimum absolute atomic E-state index is 0.0250. The second kappa shape index (κ2) is 7.48. The summed E-state index contributed by atoms with van der Waals surface area (Å²) >= 11 is 2.78. The summed E-state index contributed by atoms with van der Waals surface area (Å²) in [5.41, 5.74) is 2.91. The Morgan fingerprint density at radius 2 is 2.15 bits per heavy atom. The van der Waals surface area contributed by atoms with Gasteiger partial charge in [0.2, 0.25) is 5.91 Å². The molecule has 1 aromatic carbocycles. The summed E-state index contributed by atoms with van der Waals surface area (Å²) in [5.74, 6) is 0.0643. The van der Waals surface area contributed by atoms with Crippen LogP contribution in [0.2, 0.25) is 0 Å². The van der Waals surface area contributed by atoms with Crippen LogP contribution in [-0.2, 0) is 17.8 Å². The van der Waals surface area contributed by atoms with Gasteiger partial charge < -0.3 is 4.90 Å². The molecule has 0 saturated heterocycles. The number of hydrogen-bond donors (Lipinski definition) is 0. The molecule has 0 N–H and O–H groups in total. The number of carbonyl (C=O) groups excluding carboxylic acids is 1. The molecule has 0 saturated carbocycles. The third kappa shape index (κ3) is 3.30. The van der Waals surface area contributed by atoms with Gasteiger partial charge in [0.1, 0.15) is 4.70 Å². The van der Waals surface area contributed by atoms with Crippen molar-refractivity contribution in [3.05, 3.63) is 51.6 Å². The zero-order valence-corrected chi connectivity index (χ0v) is 17.0. The van der Waals surface area contributed by atoms with Crippen LogP contribution in [0.1, 0.15) is 25.8 Å². The number of hydrogen-bond acceptors (Lipinski definition) is 5. The normalized spacial score (nSPS) is 15.0. The molecule has 3 aromatic rings. The van der Waals surface area contributed by atoms with E-state index in [4.69, 9.17) is 0 Å². The molecule has 0 spiro atoms. The topological polar surface area (TPSA) is 55.2 Å². The number of thioether (sulfide) groups is 1. The van der Waals surface area contributed by atoms with Crippen LogP contribution in [-0.4, -0.2) is 27.3 Å². The number of amides is 1. The number of aromatic nitrogens is 2. The van der Waals surface area contributed by atoms with Crippen LogP contribution in [0.5, 0.6) is 0 Å². The van der Waals surface area contributed by atoms with Crippen LogP contribution in [0.25, 0.3) is 10.2 Å². The minimum Gasteiger partial charge on any atom is -0.311 e. The average molecular weight is 400 g/mol. The molecule has 0 fully saturated rings. The molecule has 1 aliphatic rings. The van der Waals surface area contributed by atoms with Crippen molar-refractivity contribution in [1.29, 1.82) is 0 Å². The summed E-state index contributed by atoms with van der Waals surface area (Å²) in [6.45, 7) is 5.10. The monoisotopic (exact) mass is 399 g/mol. The van der Waals surface area contributed by atoms with E-state index >= 15 is 0 Å². The molecule has 4 rings (SSSR count). The van der Waals surface area contributed by atoms with Gasteiger partial charge in [-0.3, -0.25) is 14.2 Å².